The van der Waals surface area contributed by atoms with Gasteiger partial charge in [-0.25, -0.2) is 0 Å². The molecular weight excluding hydrogens is 310 g/mol. The van der Waals surface area contributed by atoms with E-state index in [1.54, 1.807) is 21.0 Å². The van der Waals surface area contributed by atoms with Crippen LogP contribution in [0.25, 0.3) is 0 Å². The molecule has 1 aromatic rings. The van der Waals surface area contributed by atoms with Crippen molar-refractivity contribution >= 4 is 5.97 Å². The first-order chi connectivity index (χ1) is 11.4. The van der Waals surface area contributed by atoms with Crippen molar-refractivity contribution in [1.82, 2.24) is 5.32 Å². The van der Waals surface area contributed by atoms with Gasteiger partial charge in [-0.3, -0.25) is 10.1 Å². The highest BCUT2D eigenvalue weighted by atomic mass is 16.7. The van der Waals surface area contributed by atoms with Crippen LogP contribution in [0.1, 0.15) is 32.8 Å². The van der Waals surface area contributed by atoms with Crippen LogP contribution in [0.5, 0.6) is 0 Å². The van der Waals surface area contributed by atoms with Crippen LogP contribution >= 0.6 is 0 Å². The largest absolute Gasteiger partial charge is 0.465 e. The first-order valence-electron chi connectivity index (χ1n) is 8.29. The standard InChI is InChI=1S/C18H27NO5/c1-5-23-16(21)12(2)19-14-11-15(20)18(3,24-17(14)22-4)13-9-7-6-8-10-13/h6-10,12,14-15,17,19-20H,5,11H2,1-4H3/t12-,14+,15-,17+,18+/m0/s1. The third kappa shape index (κ3) is 3.95. The maximum atomic E-state index is 11.8. The number of rotatable bonds is 6. The van der Waals surface area contributed by atoms with Crippen molar-refractivity contribution in [2.75, 3.05) is 13.7 Å². The van der Waals surface area contributed by atoms with Gasteiger partial charge in [0, 0.05) is 7.11 Å². The summed E-state index contributed by atoms with van der Waals surface area (Å²) in [5.74, 6) is -0.335. The van der Waals surface area contributed by atoms with Crippen molar-refractivity contribution < 1.29 is 24.1 Å². The van der Waals surface area contributed by atoms with E-state index < -0.39 is 24.0 Å². The highest BCUT2D eigenvalue weighted by Gasteiger charge is 2.47. The van der Waals surface area contributed by atoms with E-state index in [1.165, 1.54) is 0 Å². The fourth-order valence-corrected chi connectivity index (χ4v) is 3.02. The highest BCUT2D eigenvalue weighted by Crippen LogP contribution is 2.38. The average Bonchev–Trinajstić information content (AvgIpc) is 2.59. The van der Waals surface area contributed by atoms with Crippen LogP contribution in [0.2, 0.25) is 0 Å². The molecule has 0 aromatic heterocycles. The van der Waals surface area contributed by atoms with E-state index in [1.807, 2.05) is 37.3 Å². The van der Waals surface area contributed by atoms with E-state index >= 15 is 0 Å². The minimum atomic E-state index is -0.868. The number of aliphatic hydroxyl groups excluding tert-OH is 1. The molecule has 1 aliphatic rings. The molecular formula is C18H27NO5. The van der Waals surface area contributed by atoms with Crippen molar-refractivity contribution in [3.63, 3.8) is 0 Å². The summed E-state index contributed by atoms with van der Waals surface area (Å²) in [6.45, 7) is 5.67. The zero-order valence-electron chi connectivity index (χ0n) is 14.7. The molecule has 1 fully saturated rings. The normalized spacial score (nSPS) is 31.5. The lowest BCUT2D eigenvalue weighted by atomic mass is 9.83. The molecule has 0 radical (unpaired) electrons. The molecule has 1 aliphatic heterocycles. The van der Waals surface area contributed by atoms with Gasteiger partial charge >= 0.3 is 5.97 Å². The van der Waals surface area contributed by atoms with Crippen molar-refractivity contribution in [3.8, 4) is 0 Å². The lowest BCUT2D eigenvalue weighted by Gasteiger charge is -2.46. The summed E-state index contributed by atoms with van der Waals surface area (Å²) in [6.07, 6.45) is -0.929. The van der Waals surface area contributed by atoms with E-state index in [2.05, 4.69) is 5.32 Å². The Hall–Kier alpha value is -1.47. The predicted octanol–water partition coefficient (Wildman–Crippen LogP) is 1.57. The zero-order chi connectivity index (χ0) is 17.7. The number of aliphatic hydroxyl groups is 1. The van der Waals surface area contributed by atoms with E-state index in [9.17, 15) is 9.90 Å². The molecule has 0 spiro atoms. The monoisotopic (exact) mass is 337 g/mol. The first kappa shape index (κ1) is 18.9. The van der Waals surface area contributed by atoms with Crippen LogP contribution in [-0.4, -0.2) is 49.3 Å². The Labute approximate surface area is 143 Å². The van der Waals surface area contributed by atoms with Gasteiger partial charge in [0.25, 0.3) is 0 Å². The quantitative estimate of drug-likeness (QED) is 0.767. The third-order valence-electron chi connectivity index (χ3n) is 4.49. The summed E-state index contributed by atoms with van der Waals surface area (Å²) in [5, 5.41) is 13.8. The molecule has 2 N–H and O–H groups in total. The molecule has 6 nitrogen and oxygen atoms in total. The molecule has 0 amide bonds. The summed E-state index contributed by atoms with van der Waals surface area (Å²) in [5.41, 5.74) is 0.0178. The molecule has 134 valence electrons. The summed E-state index contributed by atoms with van der Waals surface area (Å²) in [4.78, 5) is 11.8. The number of benzene rings is 1. The summed E-state index contributed by atoms with van der Waals surface area (Å²) < 4.78 is 16.6. The molecule has 1 aromatic carbocycles. The Morgan fingerprint density at radius 3 is 2.71 bits per heavy atom. The van der Waals surface area contributed by atoms with Gasteiger partial charge in [-0.05, 0) is 32.8 Å². The Morgan fingerprint density at radius 2 is 2.12 bits per heavy atom. The number of nitrogens with one attached hydrogen (secondary N) is 1. The third-order valence-corrected chi connectivity index (χ3v) is 4.49. The van der Waals surface area contributed by atoms with Crippen LogP contribution in [0, 0.1) is 0 Å². The van der Waals surface area contributed by atoms with Gasteiger partial charge in [-0.2, -0.15) is 0 Å². The second-order valence-electron chi connectivity index (χ2n) is 6.19. The van der Waals surface area contributed by atoms with Crippen LogP contribution < -0.4 is 5.32 Å². The lowest BCUT2D eigenvalue weighted by molar-refractivity contribution is -0.272. The van der Waals surface area contributed by atoms with E-state index in [4.69, 9.17) is 14.2 Å². The maximum absolute atomic E-state index is 11.8. The Bertz CT molecular complexity index is 537. The molecule has 0 bridgehead atoms. The number of esters is 1. The number of hydrogen-bond donors (Lipinski definition) is 2. The maximum Gasteiger partial charge on any atom is 0.322 e. The van der Waals surface area contributed by atoms with Gasteiger partial charge in [0.15, 0.2) is 6.29 Å². The summed E-state index contributed by atoms with van der Waals surface area (Å²) in [6, 6.07) is 8.75. The van der Waals surface area contributed by atoms with Crippen LogP contribution in [0.3, 0.4) is 0 Å². The molecule has 1 heterocycles. The fourth-order valence-electron chi connectivity index (χ4n) is 3.02. The van der Waals surface area contributed by atoms with Crippen molar-refractivity contribution in [2.24, 2.45) is 0 Å². The van der Waals surface area contributed by atoms with Gasteiger partial charge in [-0.1, -0.05) is 30.3 Å². The van der Waals surface area contributed by atoms with E-state index in [0.717, 1.165) is 5.56 Å². The number of hydrogen-bond acceptors (Lipinski definition) is 6. The Balaban J connectivity index is 2.12. The molecule has 0 unspecified atom stereocenters. The zero-order valence-corrected chi connectivity index (χ0v) is 14.7. The number of carbonyl (C=O) groups is 1. The van der Waals surface area contributed by atoms with Gasteiger partial charge in [0.2, 0.25) is 0 Å². The predicted molar refractivity (Wildman–Crippen MR) is 89.3 cm³/mol. The van der Waals surface area contributed by atoms with Gasteiger partial charge < -0.3 is 19.3 Å². The second-order valence-corrected chi connectivity index (χ2v) is 6.19. The number of carbonyl (C=O) groups excluding carboxylic acids is 1. The van der Waals surface area contributed by atoms with Gasteiger partial charge in [0.05, 0.1) is 18.8 Å². The van der Waals surface area contributed by atoms with Crippen LogP contribution in [0.15, 0.2) is 30.3 Å². The Morgan fingerprint density at radius 1 is 1.46 bits per heavy atom. The minimum absolute atomic E-state index is 0.318. The average molecular weight is 337 g/mol. The highest BCUT2D eigenvalue weighted by molar-refractivity contribution is 5.75. The molecule has 0 saturated carbocycles. The first-order valence-corrected chi connectivity index (χ1v) is 8.29. The molecule has 0 aliphatic carbocycles. The Kier molecular flexibility index (Phi) is 6.34. The fraction of sp³-hybridized carbons (Fsp3) is 0.611. The number of methoxy groups -OCH3 is 1. The number of ether oxygens (including phenoxy) is 3. The summed E-state index contributed by atoms with van der Waals surface area (Å²) >= 11 is 0. The molecule has 1 saturated heterocycles. The molecule has 24 heavy (non-hydrogen) atoms. The van der Waals surface area contributed by atoms with Crippen molar-refractivity contribution in [1.29, 1.82) is 0 Å². The van der Waals surface area contributed by atoms with Crippen molar-refractivity contribution in [3.05, 3.63) is 35.9 Å². The molecule has 5 atom stereocenters. The van der Waals surface area contributed by atoms with Gasteiger partial charge in [0.1, 0.15) is 11.6 Å². The lowest BCUT2D eigenvalue weighted by Crippen LogP contribution is -2.59. The minimum Gasteiger partial charge on any atom is -0.465 e. The van der Waals surface area contributed by atoms with Crippen molar-refractivity contribution in [2.45, 2.75) is 57.3 Å². The van der Waals surface area contributed by atoms with Crippen LogP contribution in [0.4, 0.5) is 0 Å². The van der Waals surface area contributed by atoms with E-state index in [-0.39, 0.29) is 12.0 Å². The smallest absolute Gasteiger partial charge is 0.322 e. The van der Waals surface area contributed by atoms with Gasteiger partial charge in [-0.15, -0.1) is 0 Å². The van der Waals surface area contributed by atoms with E-state index in [0.29, 0.717) is 13.0 Å². The molecule has 6 heteroatoms. The molecule has 2 rings (SSSR count). The SMILES string of the molecule is CCOC(=O)[C@H](C)N[C@@H]1C[C@H](O)[C@@](C)(c2ccccc2)O[C@H]1OC. The van der Waals surface area contributed by atoms with Crippen LogP contribution in [-0.2, 0) is 24.6 Å². The summed E-state index contributed by atoms with van der Waals surface area (Å²) in [7, 11) is 1.55. The topological polar surface area (TPSA) is 77.0 Å². The second kappa shape index (κ2) is 8.07.